The van der Waals surface area contributed by atoms with Crippen LogP contribution in [-0.4, -0.2) is 18.0 Å². The summed E-state index contributed by atoms with van der Waals surface area (Å²) < 4.78 is 7.43. The number of hydrogen-bond acceptors (Lipinski definition) is 4. The smallest absolute Gasteiger partial charge is 0.244 e. The minimum absolute atomic E-state index is 0.160. The number of carbonyl (C=O) groups is 1. The molecule has 6 heteroatoms. The van der Waals surface area contributed by atoms with E-state index in [1.165, 1.54) is 10.8 Å². The van der Waals surface area contributed by atoms with Crippen LogP contribution in [-0.2, 0) is 11.3 Å². The molecule has 1 heterocycles. The molecule has 0 saturated carbocycles. The van der Waals surface area contributed by atoms with Crippen molar-refractivity contribution in [1.82, 2.24) is 10.3 Å². The van der Waals surface area contributed by atoms with Crippen molar-refractivity contribution in [1.29, 1.82) is 0 Å². The van der Waals surface area contributed by atoms with Crippen molar-refractivity contribution in [3.8, 4) is 16.3 Å². The zero-order valence-corrected chi connectivity index (χ0v) is 18.7. The molecule has 0 unspecified atom stereocenters. The van der Waals surface area contributed by atoms with Crippen molar-refractivity contribution in [3.05, 3.63) is 88.4 Å². The number of benzene rings is 3. The van der Waals surface area contributed by atoms with Crippen LogP contribution in [0.4, 0.5) is 0 Å². The fourth-order valence-corrected chi connectivity index (χ4v) is 4.36. The van der Waals surface area contributed by atoms with Crippen LogP contribution >= 0.6 is 27.3 Å². The highest BCUT2D eigenvalue weighted by atomic mass is 79.9. The molecule has 4 rings (SSSR count). The van der Waals surface area contributed by atoms with Crippen LogP contribution in [0, 0.1) is 0 Å². The Morgan fingerprint density at radius 1 is 1.13 bits per heavy atom. The first-order valence-corrected chi connectivity index (χ1v) is 11.0. The van der Waals surface area contributed by atoms with Crippen molar-refractivity contribution in [2.45, 2.75) is 6.54 Å². The van der Waals surface area contributed by atoms with Crippen molar-refractivity contribution >= 4 is 49.5 Å². The van der Waals surface area contributed by atoms with E-state index >= 15 is 0 Å². The minimum atomic E-state index is -0.160. The maximum atomic E-state index is 12.2. The van der Waals surface area contributed by atoms with Gasteiger partial charge in [-0.2, -0.15) is 0 Å². The molecule has 0 atom stereocenters. The van der Waals surface area contributed by atoms with Crippen LogP contribution in [0.5, 0.6) is 5.75 Å². The van der Waals surface area contributed by atoms with Gasteiger partial charge in [-0.1, -0.05) is 52.3 Å². The summed E-state index contributed by atoms with van der Waals surface area (Å²) >= 11 is 5.11. The van der Waals surface area contributed by atoms with E-state index in [2.05, 4.69) is 32.3 Å². The van der Waals surface area contributed by atoms with Crippen molar-refractivity contribution in [3.63, 3.8) is 0 Å². The van der Waals surface area contributed by atoms with Crippen LogP contribution in [0.25, 0.3) is 26.9 Å². The van der Waals surface area contributed by atoms with E-state index in [1.807, 2.05) is 60.7 Å². The second-order valence-corrected chi connectivity index (χ2v) is 8.57. The van der Waals surface area contributed by atoms with Crippen LogP contribution < -0.4 is 10.1 Å². The molecule has 0 saturated heterocycles. The molecule has 1 amide bonds. The van der Waals surface area contributed by atoms with E-state index in [0.717, 1.165) is 31.7 Å². The maximum Gasteiger partial charge on any atom is 0.244 e. The number of nitrogens with zero attached hydrogens (tertiary/aromatic N) is 1. The van der Waals surface area contributed by atoms with E-state index in [-0.39, 0.29) is 5.91 Å². The Hall–Kier alpha value is -2.96. The lowest BCUT2D eigenvalue weighted by molar-refractivity contribution is -0.116. The van der Waals surface area contributed by atoms with Gasteiger partial charge >= 0.3 is 0 Å². The van der Waals surface area contributed by atoms with Crippen molar-refractivity contribution in [2.24, 2.45) is 0 Å². The SMILES string of the molecule is COc1ccc(Br)cc1C=CC(=O)NCc1ccc(-c2nc3ccccc3s2)cc1. The van der Waals surface area contributed by atoms with Crippen LogP contribution in [0.3, 0.4) is 0 Å². The van der Waals surface area contributed by atoms with Gasteiger partial charge in [0.05, 0.1) is 17.3 Å². The molecule has 4 nitrogen and oxygen atoms in total. The summed E-state index contributed by atoms with van der Waals surface area (Å²) in [5, 5.41) is 3.91. The van der Waals surface area contributed by atoms with E-state index in [1.54, 1.807) is 24.5 Å². The molecule has 0 aliphatic rings. The predicted octanol–water partition coefficient (Wildman–Crippen LogP) is 6.06. The molecule has 150 valence electrons. The molecule has 30 heavy (non-hydrogen) atoms. The summed E-state index contributed by atoms with van der Waals surface area (Å²) in [5.41, 5.74) is 3.96. The van der Waals surface area contributed by atoms with Crippen molar-refractivity contribution in [2.75, 3.05) is 7.11 Å². The number of thiazole rings is 1. The van der Waals surface area contributed by atoms with Crippen LogP contribution in [0.2, 0.25) is 0 Å². The number of ether oxygens (including phenoxy) is 1. The number of halogens is 1. The highest BCUT2D eigenvalue weighted by molar-refractivity contribution is 9.10. The molecular formula is C24H19BrN2O2S. The fraction of sp³-hybridized carbons (Fsp3) is 0.0833. The summed E-state index contributed by atoms with van der Waals surface area (Å²) in [5.74, 6) is 0.556. The van der Waals surface area contributed by atoms with Crippen LogP contribution in [0.15, 0.2) is 77.3 Å². The first-order valence-electron chi connectivity index (χ1n) is 9.37. The minimum Gasteiger partial charge on any atom is -0.496 e. The maximum absolute atomic E-state index is 12.2. The Morgan fingerprint density at radius 2 is 1.93 bits per heavy atom. The third-order valence-corrected chi connectivity index (χ3v) is 6.15. The normalized spacial score (nSPS) is 11.1. The number of rotatable bonds is 6. The monoisotopic (exact) mass is 478 g/mol. The second kappa shape index (κ2) is 9.24. The van der Waals surface area contributed by atoms with E-state index in [0.29, 0.717) is 12.3 Å². The molecule has 0 radical (unpaired) electrons. The van der Waals surface area contributed by atoms with Gasteiger partial charge in [-0.3, -0.25) is 4.79 Å². The lowest BCUT2D eigenvalue weighted by atomic mass is 10.1. The second-order valence-electron chi connectivity index (χ2n) is 6.62. The number of fused-ring (bicyclic) bond motifs is 1. The Balaban J connectivity index is 1.38. The molecule has 0 spiro atoms. The third kappa shape index (κ3) is 4.78. The van der Waals surface area contributed by atoms with E-state index in [9.17, 15) is 4.79 Å². The number of aromatic nitrogens is 1. The van der Waals surface area contributed by atoms with Gasteiger partial charge in [0.15, 0.2) is 0 Å². The highest BCUT2D eigenvalue weighted by Gasteiger charge is 2.06. The molecule has 4 aromatic rings. The zero-order chi connectivity index (χ0) is 20.9. The summed E-state index contributed by atoms with van der Waals surface area (Å²) in [4.78, 5) is 16.9. The van der Waals surface area contributed by atoms with E-state index < -0.39 is 0 Å². The van der Waals surface area contributed by atoms with Gasteiger partial charge in [0.1, 0.15) is 10.8 Å². The van der Waals surface area contributed by atoms with Gasteiger partial charge < -0.3 is 10.1 Å². The number of amides is 1. The Bertz CT molecular complexity index is 1180. The third-order valence-electron chi connectivity index (χ3n) is 4.57. The van der Waals surface area contributed by atoms with Crippen molar-refractivity contribution < 1.29 is 9.53 Å². The number of carbonyl (C=O) groups excluding carboxylic acids is 1. The summed E-state index contributed by atoms with van der Waals surface area (Å²) in [6.45, 7) is 0.457. The highest BCUT2D eigenvalue weighted by Crippen LogP contribution is 2.30. The molecule has 1 N–H and O–H groups in total. The molecular weight excluding hydrogens is 460 g/mol. The Labute approximate surface area is 187 Å². The Kier molecular flexibility index (Phi) is 6.26. The summed E-state index contributed by atoms with van der Waals surface area (Å²) in [6, 6.07) is 21.9. The fourth-order valence-electron chi connectivity index (χ4n) is 3.01. The lowest BCUT2D eigenvalue weighted by Gasteiger charge is -2.06. The number of methoxy groups -OCH3 is 1. The molecule has 0 bridgehead atoms. The van der Waals surface area contributed by atoms with E-state index in [4.69, 9.17) is 4.74 Å². The first kappa shape index (κ1) is 20.3. The standard InChI is InChI=1S/C24H19BrN2O2S/c1-29-21-12-11-19(25)14-18(21)10-13-23(28)26-15-16-6-8-17(9-7-16)24-27-20-4-2-3-5-22(20)30-24/h2-14H,15H2,1H3,(H,26,28). The molecule has 0 fully saturated rings. The molecule has 0 aliphatic heterocycles. The average molecular weight is 479 g/mol. The summed E-state index contributed by atoms with van der Waals surface area (Å²) in [6.07, 6.45) is 3.26. The van der Waals surface area contributed by atoms with Gasteiger partial charge in [0.2, 0.25) is 5.91 Å². The zero-order valence-electron chi connectivity index (χ0n) is 16.3. The molecule has 3 aromatic carbocycles. The van der Waals surface area contributed by atoms with Gasteiger partial charge in [0, 0.05) is 28.2 Å². The Morgan fingerprint density at radius 3 is 2.70 bits per heavy atom. The average Bonchev–Trinajstić information content (AvgIpc) is 3.21. The largest absolute Gasteiger partial charge is 0.496 e. The summed E-state index contributed by atoms with van der Waals surface area (Å²) in [7, 11) is 1.61. The number of hydrogen-bond donors (Lipinski definition) is 1. The van der Waals surface area contributed by atoms with Gasteiger partial charge in [-0.05, 0) is 42.0 Å². The predicted molar refractivity (Wildman–Crippen MR) is 127 cm³/mol. The lowest BCUT2D eigenvalue weighted by Crippen LogP contribution is -2.20. The van der Waals surface area contributed by atoms with Crippen LogP contribution in [0.1, 0.15) is 11.1 Å². The number of nitrogens with one attached hydrogen (secondary N) is 1. The first-order chi connectivity index (χ1) is 14.6. The molecule has 1 aromatic heterocycles. The molecule has 0 aliphatic carbocycles. The topological polar surface area (TPSA) is 51.2 Å². The van der Waals surface area contributed by atoms with Gasteiger partial charge in [-0.15, -0.1) is 11.3 Å². The van der Waals surface area contributed by atoms with Gasteiger partial charge in [0.25, 0.3) is 0 Å². The quantitative estimate of drug-likeness (QED) is 0.342. The van der Waals surface area contributed by atoms with Gasteiger partial charge in [-0.25, -0.2) is 4.98 Å². The number of para-hydroxylation sites is 1.